The molecule has 0 bridgehead atoms. The molecule has 8 heteroatoms. The maximum Gasteiger partial charge on any atom is 0.277 e. The van der Waals surface area contributed by atoms with Gasteiger partial charge in [0.05, 0.1) is 15.8 Å². The first kappa shape index (κ1) is 20.3. The Morgan fingerprint density at radius 1 is 1.07 bits per heavy atom. The molecule has 0 radical (unpaired) electrons. The molecule has 28 heavy (non-hydrogen) atoms. The average Bonchev–Trinajstić information content (AvgIpc) is 3.20. The predicted octanol–water partition coefficient (Wildman–Crippen LogP) is 5.36. The van der Waals surface area contributed by atoms with E-state index in [1.165, 1.54) is 12.1 Å². The fraction of sp³-hybridized carbons (Fsp3) is 0.100. The van der Waals surface area contributed by atoms with Gasteiger partial charge in [0.15, 0.2) is 12.4 Å². The Morgan fingerprint density at radius 3 is 2.29 bits per heavy atom. The lowest BCUT2D eigenvalue weighted by Gasteiger charge is -2.10. The lowest BCUT2D eigenvalue weighted by atomic mass is 10.1. The molecule has 1 amide bonds. The number of benzene rings is 2. The van der Waals surface area contributed by atoms with Crippen molar-refractivity contribution < 1.29 is 9.53 Å². The SMILES string of the molecule is C/C(=N\NC(=O)COc1c(Cl)cc(Cl)cc1Cl)c1ccc(-n2cccc2)cc1. The molecule has 0 aliphatic heterocycles. The molecule has 3 rings (SSSR count). The number of nitrogens with zero attached hydrogens (tertiary/aromatic N) is 2. The second kappa shape index (κ2) is 9.15. The maximum absolute atomic E-state index is 12.0. The van der Waals surface area contributed by atoms with Gasteiger partial charge in [-0.15, -0.1) is 0 Å². The lowest BCUT2D eigenvalue weighted by molar-refractivity contribution is -0.123. The van der Waals surface area contributed by atoms with Crippen LogP contribution in [0.5, 0.6) is 5.75 Å². The van der Waals surface area contributed by atoms with Crippen molar-refractivity contribution in [2.45, 2.75) is 6.92 Å². The van der Waals surface area contributed by atoms with E-state index in [0.29, 0.717) is 10.7 Å². The quantitative estimate of drug-likeness (QED) is 0.418. The van der Waals surface area contributed by atoms with E-state index in [2.05, 4.69) is 10.5 Å². The first-order valence-corrected chi connectivity index (χ1v) is 9.41. The standard InChI is InChI=1S/C20H16Cl3N3O2/c1-13(14-4-6-16(7-5-14)26-8-2-3-9-26)24-25-19(27)12-28-20-17(22)10-15(21)11-18(20)23/h2-11H,12H2,1H3,(H,25,27)/b24-13+. The summed E-state index contributed by atoms with van der Waals surface area (Å²) < 4.78 is 7.38. The summed E-state index contributed by atoms with van der Waals surface area (Å²) in [7, 11) is 0. The molecule has 2 aromatic carbocycles. The van der Waals surface area contributed by atoms with Crippen LogP contribution in [-0.2, 0) is 4.79 Å². The third kappa shape index (κ3) is 5.07. The minimum absolute atomic E-state index is 0.198. The smallest absolute Gasteiger partial charge is 0.277 e. The zero-order valence-electron chi connectivity index (χ0n) is 14.8. The summed E-state index contributed by atoms with van der Waals surface area (Å²) in [4.78, 5) is 12.0. The number of hydrogen-bond acceptors (Lipinski definition) is 3. The fourth-order valence-corrected chi connectivity index (χ4v) is 3.36. The summed E-state index contributed by atoms with van der Waals surface area (Å²) in [5.74, 6) is -0.241. The minimum atomic E-state index is -0.439. The number of carbonyl (C=O) groups is 1. The predicted molar refractivity (Wildman–Crippen MR) is 113 cm³/mol. The van der Waals surface area contributed by atoms with Crippen LogP contribution in [0.1, 0.15) is 12.5 Å². The molecule has 3 aromatic rings. The Hall–Kier alpha value is -2.47. The van der Waals surface area contributed by atoms with Gasteiger partial charge >= 0.3 is 0 Å². The number of nitrogens with one attached hydrogen (secondary N) is 1. The highest BCUT2D eigenvalue weighted by Crippen LogP contribution is 2.35. The Kier molecular flexibility index (Phi) is 6.62. The maximum atomic E-state index is 12.0. The number of aromatic nitrogens is 1. The van der Waals surface area contributed by atoms with Crippen LogP contribution in [0.3, 0.4) is 0 Å². The number of hydrazone groups is 1. The Bertz CT molecular complexity index is 977. The fourth-order valence-electron chi connectivity index (χ4n) is 2.43. The number of halogens is 3. The molecular weight excluding hydrogens is 421 g/mol. The molecule has 0 saturated carbocycles. The summed E-state index contributed by atoms with van der Waals surface area (Å²) in [6.45, 7) is 1.52. The highest BCUT2D eigenvalue weighted by molar-refractivity contribution is 6.40. The third-order valence-electron chi connectivity index (χ3n) is 3.85. The van der Waals surface area contributed by atoms with E-state index in [0.717, 1.165) is 11.3 Å². The Labute approximate surface area is 177 Å². The van der Waals surface area contributed by atoms with Crippen molar-refractivity contribution in [2.24, 2.45) is 5.10 Å². The van der Waals surface area contributed by atoms with Gasteiger partial charge in [-0.25, -0.2) is 5.43 Å². The lowest BCUT2D eigenvalue weighted by Crippen LogP contribution is -2.25. The van der Waals surface area contributed by atoms with E-state index in [1.54, 1.807) is 6.92 Å². The topological polar surface area (TPSA) is 55.6 Å². The van der Waals surface area contributed by atoms with Gasteiger partial charge < -0.3 is 9.30 Å². The largest absolute Gasteiger partial charge is 0.481 e. The number of rotatable bonds is 6. The molecule has 0 aliphatic rings. The number of hydrogen-bond donors (Lipinski definition) is 1. The first-order chi connectivity index (χ1) is 13.4. The highest BCUT2D eigenvalue weighted by atomic mass is 35.5. The van der Waals surface area contributed by atoms with Crippen molar-refractivity contribution in [3.8, 4) is 11.4 Å². The monoisotopic (exact) mass is 435 g/mol. The van der Waals surface area contributed by atoms with E-state index in [1.807, 2.05) is 53.4 Å². The zero-order valence-corrected chi connectivity index (χ0v) is 17.1. The van der Waals surface area contributed by atoms with Crippen molar-refractivity contribution in [1.29, 1.82) is 0 Å². The summed E-state index contributed by atoms with van der Waals surface area (Å²) in [5.41, 5.74) is 5.04. The number of ether oxygens (including phenoxy) is 1. The molecule has 5 nitrogen and oxygen atoms in total. The average molecular weight is 437 g/mol. The van der Waals surface area contributed by atoms with Crippen LogP contribution >= 0.6 is 34.8 Å². The van der Waals surface area contributed by atoms with Gasteiger partial charge in [-0.05, 0) is 48.9 Å². The second-order valence-corrected chi connectivity index (χ2v) is 7.11. The van der Waals surface area contributed by atoms with E-state index >= 15 is 0 Å². The summed E-state index contributed by atoms with van der Waals surface area (Å²) in [5, 5.41) is 4.94. The zero-order chi connectivity index (χ0) is 20.1. The molecule has 0 saturated heterocycles. The summed E-state index contributed by atoms with van der Waals surface area (Å²) in [6, 6.07) is 14.7. The summed E-state index contributed by atoms with van der Waals surface area (Å²) >= 11 is 17.9. The normalized spacial score (nSPS) is 11.4. The van der Waals surface area contributed by atoms with Gasteiger partial charge in [-0.2, -0.15) is 5.10 Å². The highest BCUT2D eigenvalue weighted by Gasteiger charge is 2.11. The van der Waals surface area contributed by atoms with Crippen LogP contribution in [-0.4, -0.2) is 22.8 Å². The van der Waals surface area contributed by atoms with Crippen LogP contribution < -0.4 is 10.2 Å². The van der Waals surface area contributed by atoms with Crippen LogP contribution in [0.2, 0.25) is 15.1 Å². The third-order valence-corrected chi connectivity index (χ3v) is 4.63. The molecule has 0 fully saturated rings. The number of amides is 1. The second-order valence-electron chi connectivity index (χ2n) is 5.86. The van der Waals surface area contributed by atoms with E-state index in [9.17, 15) is 4.79 Å². The van der Waals surface area contributed by atoms with Crippen molar-refractivity contribution in [3.63, 3.8) is 0 Å². The number of carbonyl (C=O) groups excluding carboxylic acids is 1. The molecule has 1 N–H and O–H groups in total. The Balaban J connectivity index is 1.58. The van der Waals surface area contributed by atoms with Crippen LogP contribution in [0.25, 0.3) is 5.69 Å². The van der Waals surface area contributed by atoms with Crippen molar-refractivity contribution in [2.75, 3.05) is 6.61 Å². The molecule has 1 heterocycles. The van der Waals surface area contributed by atoms with E-state index < -0.39 is 5.91 Å². The van der Waals surface area contributed by atoms with Crippen LogP contribution in [0, 0.1) is 0 Å². The van der Waals surface area contributed by atoms with E-state index in [-0.39, 0.29) is 22.4 Å². The van der Waals surface area contributed by atoms with Gasteiger partial charge in [0.25, 0.3) is 5.91 Å². The van der Waals surface area contributed by atoms with Crippen LogP contribution in [0.4, 0.5) is 0 Å². The molecule has 144 valence electrons. The van der Waals surface area contributed by atoms with Crippen molar-refractivity contribution in [3.05, 3.63) is 81.6 Å². The molecular formula is C20H16Cl3N3O2. The van der Waals surface area contributed by atoms with Crippen LogP contribution in [0.15, 0.2) is 66.0 Å². The Morgan fingerprint density at radius 2 is 1.68 bits per heavy atom. The van der Waals surface area contributed by atoms with Gasteiger partial charge in [0, 0.05) is 23.1 Å². The minimum Gasteiger partial charge on any atom is -0.481 e. The molecule has 1 aromatic heterocycles. The molecule has 0 unspecified atom stereocenters. The van der Waals surface area contributed by atoms with Crippen molar-refractivity contribution >= 4 is 46.4 Å². The van der Waals surface area contributed by atoms with Gasteiger partial charge in [-0.1, -0.05) is 46.9 Å². The first-order valence-electron chi connectivity index (χ1n) is 8.28. The summed E-state index contributed by atoms with van der Waals surface area (Å²) in [6.07, 6.45) is 3.94. The van der Waals surface area contributed by atoms with Gasteiger partial charge in [-0.3, -0.25) is 4.79 Å². The molecule has 0 aliphatic carbocycles. The molecule has 0 atom stereocenters. The van der Waals surface area contributed by atoms with Crippen molar-refractivity contribution in [1.82, 2.24) is 9.99 Å². The van der Waals surface area contributed by atoms with Gasteiger partial charge in [0.1, 0.15) is 0 Å². The van der Waals surface area contributed by atoms with E-state index in [4.69, 9.17) is 39.5 Å². The van der Waals surface area contributed by atoms with Gasteiger partial charge in [0.2, 0.25) is 0 Å². The molecule has 0 spiro atoms.